The van der Waals surface area contributed by atoms with Gasteiger partial charge in [-0.3, -0.25) is 4.79 Å². The van der Waals surface area contributed by atoms with Gasteiger partial charge in [0.2, 0.25) is 0 Å². The number of ketones is 1. The number of hydrogen-bond acceptors (Lipinski definition) is 2. The summed E-state index contributed by atoms with van der Waals surface area (Å²) < 4.78 is 0. The lowest BCUT2D eigenvalue weighted by molar-refractivity contribution is -0.137. The first-order valence-corrected chi connectivity index (χ1v) is 4.23. The van der Waals surface area contributed by atoms with Gasteiger partial charge in [-0.05, 0) is 25.7 Å². The van der Waals surface area contributed by atoms with Crippen molar-refractivity contribution in [2.24, 2.45) is 5.92 Å². The Kier molecular flexibility index (Phi) is 5.34. The second-order valence-electron chi connectivity index (χ2n) is 3.30. The van der Waals surface area contributed by atoms with Crippen molar-refractivity contribution in [2.45, 2.75) is 39.5 Å². The van der Waals surface area contributed by atoms with E-state index in [2.05, 4.69) is 0 Å². The molecule has 1 atom stereocenters. The molecule has 3 nitrogen and oxygen atoms in total. The van der Waals surface area contributed by atoms with E-state index in [4.69, 9.17) is 5.11 Å². The Labute approximate surface area is 72.8 Å². The molecule has 0 heterocycles. The van der Waals surface area contributed by atoms with Crippen LogP contribution in [0.25, 0.3) is 0 Å². The molecule has 0 aliphatic rings. The van der Waals surface area contributed by atoms with Gasteiger partial charge in [0.15, 0.2) is 0 Å². The highest BCUT2D eigenvalue weighted by atomic mass is 16.4. The number of carboxylic acid groups (broad SMARTS) is 1. The van der Waals surface area contributed by atoms with Crippen LogP contribution >= 0.6 is 0 Å². The van der Waals surface area contributed by atoms with Crippen LogP contribution in [0.15, 0.2) is 0 Å². The summed E-state index contributed by atoms with van der Waals surface area (Å²) in [7, 11) is 0. The van der Waals surface area contributed by atoms with Gasteiger partial charge in [-0.2, -0.15) is 0 Å². The number of aliphatic carboxylic acids is 1. The molecule has 0 saturated heterocycles. The molecule has 0 fully saturated rings. The summed E-state index contributed by atoms with van der Waals surface area (Å²) in [6.07, 6.45) is 2.28. The lowest BCUT2D eigenvalue weighted by Gasteiger charge is -2.06. The fraction of sp³-hybridized carbons (Fsp3) is 0.778. The van der Waals surface area contributed by atoms with Gasteiger partial charge in [0, 0.05) is 12.8 Å². The second kappa shape index (κ2) is 5.75. The molecule has 1 N–H and O–H groups in total. The van der Waals surface area contributed by atoms with Crippen molar-refractivity contribution in [3.8, 4) is 0 Å². The summed E-state index contributed by atoms with van der Waals surface area (Å²) >= 11 is 0. The van der Waals surface area contributed by atoms with Crippen molar-refractivity contribution in [1.29, 1.82) is 0 Å². The zero-order valence-corrected chi connectivity index (χ0v) is 7.67. The standard InChI is InChI=1S/C9H16O3/c1-7(6-8(2)10)4-3-5-9(11)12/h7H,3-6H2,1-2H3,(H,11,12). The van der Waals surface area contributed by atoms with Gasteiger partial charge >= 0.3 is 5.97 Å². The van der Waals surface area contributed by atoms with Crippen LogP contribution < -0.4 is 0 Å². The quantitative estimate of drug-likeness (QED) is 0.665. The van der Waals surface area contributed by atoms with Crippen LogP contribution in [0, 0.1) is 5.92 Å². The Morgan fingerprint density at radius 3 is 2.42 bits per heavy atom. The molecular weight excluding hydrogens is 156 g/mol. The van der Waals surface area contributed by atoms with E-state index >= 15 is 0 Å². The van der Waals surface area contributed by atoms with Crippen LogP contribution in [0.5, 0.6) is 0 Å². The first-order chi connectivity index (χ1) is 5.52. The minimum Gasteiger partial charge on any atom is -0.481 e. The van der Waals surface area contributed by atoms with E-state index in [0.29, 0.717) is 18.8 Å². The summed E-state index contributed by atoms with van der Waals surface area (Å²) in [4.78, 5) is 20.8. The van der Waals surface area contributed by atoms with Crippen LogP contribution in [0.2, 0.25) is 0 Å². The Balaban J connectivity index is 3.37. The molecule has 0 aliphatic heterocycles. The smallest absolute Gasteiger partial charge is 0.303 e. The summed E-state index contributed by atoms with van der Waals surface area (Å²) in [5, 5.41) is 8.34. The second-order valence-corrected chi connectivity index (χ2v) is 3.30. The highest BCUT2D eigenvalue weighted by Gasteiger charge is 2.05. The van der Waals surface area contributed by atoms with Crippen LogP contribution in [0.1, 0.15) is 39.5 Å². The average molecular weight is 172 g/mol. The fourth-order valence-electron chi connectivity index (χ4n) is 1.19. The third-order valence-electron chi connectivity index (χ3n) is 1.72. The Bertz CT molecular complexity index is 163. The van der Waals surface area contributed by atoms with Crippen molar-refractivity contribution in [2.75, 3.05) is 0 Å². The Hall–Kier alpha value is -0.860. The maximum absolute atomic E-state index is 10.6. The molecule has 0 spiro atoms. The molecule has 0 aromatic rings. The zero-order chi connectivity index (χ0) is 9.56. The van der Waals surface area contributed by atoms with Gasteiger partial charge in [0.1, 0.15) is 5.78 Å². The molecule has 1 unspecified atom stereocenters. The van der Waals surface area contributed by atoms with E-state index in [1.165, 1.54) is 0 Å². The predicted octanol–water partition coefficient (Wildman–Crippen LogP) is 1.86. The highest BCUT2D eigenvalue weighted by Crippen LogP contribution is 2.11. The first-order valence-electron chi connectivity index (χ1n) is 4.23. The number of rotatable bonds is 6. The van der Waals surface area contributed by atoms with Crippen molar-refractivity contribution < 1.29 is 14.7 Å². The molecule has 70 valence electrons. The van der Waals surface area contributed by atoms with E-state index in [1.54, 1.807) is 6.92 Å². The van der Waals surface area contributed by atoms with Crippen LogP contribution in [-0.4, -0.2) is 16.9 Å². The molecule has 0 radical (unpaired) electrons. The first kappa shape index (κ1) is 11.1. The van der Waals surface area contributed by atoms with Gasteiger partial charge in [0.05, 0.1) is 0 Å². The summed E-state index contributed by atoms with van der Waals surface area (Å²) in [5.74, 6) is -0.260. The molecule has 0 aromatic heterocycles. The predicted molar refractivity (Wildman–Crippen MR) is 45.9 cm³/mol. The Morgan fingerprint density at radius 2 is 2.00 bits per heavy atom. The lowest BCUT2D eigenvalue weighted by atomic mass is 9.99. The van der Waals surface area contributed by atoms with E-state index in [-0.39, 0.29) is 12.2 Å². The topological polar surface area (TPSA) is 54.4 Å². The molecule has 0 amide bonds. The summed E-state index contributed by atoms with van der Waals surface area (Å²) in [6, 6.07) is 0. The minimum absolute atomic E-state index is 0.179. The fourth-order valence-corrected chi connectivity index (χ4v) is 1.19. The molecule has 12 heavy (non-hydrogen) atoms. The summed E-state index contributed by atoms with van der Waals surface area (Å²) in [6.45, 7) is 3.54. The molecule has 0 bridgehead atoms. The lowest BCUT2D eigenvalue weighted by Crippen LogP contribution is -2.03. The highest BCUT2D eigenvalue weighted by molar-refractivity contribution is 5.75. The van der Waals surface area contributed by atoms with E-state index in [0.717, 1.165) is 6.42 Å². The molecule has 3 heteroatoms. The molecule has 0 rings (SSSR count). The molecule has 0 saturated carbocycles. The van der Waals surface area contributed by atoms with Crippen molar-refractivity contribution in [1.82, 2.24) is 0 Å². The largest absolute Gasteiger partial charge is 0.481 e. The number of Topliss-reactive ketones (excluding diaryl/α,β-unsaturated/α-hetero) is 1. The summed E-state index contributed by atoms with van der Waals surface area (Å²) in [5.41, 5.74) is 0. The van der Waals surface area contributed by atoms with Crippen molar-refractivity contribution in [3.05, 3.63) is 0 Å². The van der Waals surface area contributed by atoms with Gasteiger partial charge in [-0.25, -0.2) is 0 Å². The molecule has 0 aromatic carbocycles. The van der Waals surface area contributed by atoms with Gasteiger partial charge in [-0.15, -0.1) is 0 Å². The third kappa shape index (κ3) is 7.25. The number of carboxylic acids is 1. The number of hydrogen-bond donors (Lipinski definition) is 1. The third-order valence-corrected chi connectivity index (χ3v) is 1.72. The number of carbonyl (C=O) groups is 2. The van der Waals surface area contributed by atoms with Crippen molar-refractivity contribution >= 4 is 11.8 Å². The molecular formula is C9H16O3. The van der Waals surface area contributed by atoms with Crippen LogP contribution in [0.4, 0.5) is 0 Å². The maximum atomic E-state index is 10.6. The van der Waals surface area contributed by atoms with Crippen LogP contribution in [0.3, 0.4) is 0 Å². The minimum atomic E-state index is -0.759. The Morgan fingerprint density at radius 1 is 1.42 bits per heavy atom. The van der Waals surface area contributed by atoms with Gasteiger partial charge in [-0.1, -0.05) is 6.92 Å². The average Bonchev–Trinajstić information content (AvgIpc) is 1.84. The SMILES string of the molecule is CC(=O)CC(C)CCCC(=O)O. The maximum Gasteiger partial charge on any atom is 0.303 e. The van der Waals surface area contributed by atoms with Gasteiger partial charge < -0.3 is 9.90 Å². The molecule has 0 aliphatic carbocycles. The van der Waals surface area contributed by atoms with Gasteiger partial charge in [0.25, 0.3) is 0 Å². The van der Waals surface area contributed by atoms with E-state index < -0.39 is 5.97 Å². The van der Waals surface area contributed by atoms with Crippen molar-refractivity contribution in [3.63, 3.8) is 0 Å². The normalized spacial score (nSPS) is 12.5. The zero-order valence-electron chi connectivity index (χ0n) is 7.67. The van der Waals surface area contributed by atoms with E-state index in [9.17, 15) is 9.59 Å². The van der Waals surface area contributed by atoms with E-state index in [1.807, 2.05) is 6.92 Å². The van der Waals surface area contributed by atoms with Crippen LogP contribution in [-0.2, 0) is 9.59 Å². The number of carbonyl (C=O) groups excluding carboxylic acids is 1. The monoisotopic (exact) mass is 172 g/mol.